The third-order valence-corrected chi connectivity index (χ3v) is 6.11. The van der Waals surface area contributed by atoms with E-state index in [0.29, 0.717) is 30.8 Å². The van der Waals surface area contributed by atoms with E-state index in [2.05, 4.69) is 22.9 Å². The van der Waals surface area contributed by atoms with Crippen molar-refractivity contribution in [2.24, 2.45) is 0 Å². The zero-order valence-corrected chi connectivity index (χ0v) is 18.3. The normalized spacial score (nSPS) is 18.9. The molecular weight excluding hydrogens is 366 g/mol. The number of ether oxygens (including phenoxy) is 1. The molecule has 0 spiro atoms. The Morgan fingerprint density at radius 3 is 2.45 bits per heavy atom. The Bertz CT molecular complexity index is 810. The average molecular weight is 400 g/mol. The zero-order chi connectivity index (χ0) is 21.1. The monoisotopic (exact) mass is 399 g/mol. The summed E-state index contributed by atoms with van der Waals surface area (Å²) in [6, 6.07) is 6.32. The molecule has 2 aliphatic heterocycles. The van der Waals surface area contributed by atoms with Gasteiger partial charge in [0.05, 0.1) is 5.57 Å². The van der Waals surface area contributed by atoms with Crippen molar-refractivity contribution in [3.8, 4) is 0 Å². The molecule has 0 saturated carbocycles. The molecule has 0 aliphatic carbocycles. The molecule has 0 unspecified atom stereocenters. The molecule has 0 bridgehead atoms. The molecule has 0 aromatic heterocycles. The predicted octanol–water partition coefficient (Wildman–Crippen LogP) is 2.45. The number of hydrogen-bond donors (Lipinski definition) is 0. The van der Waals surface area contributed by atoms with Crippen LogP contribution in [0.2, 0.25) is 0 Å². The number of benzene rings is 1. The van der Waals surface area contributed by atoms with Crippen LogP contribution in [0, 0.1) is 13.8 Å². The summed E-state index contributed by atoms with van der Waals surface area (Å²) in [7, 11) is 5.73. The first-order valence-electron chi connectivity index (χ1n) is 10.4. The highest BCUT2D eigenvalue weighted by atomic mass is 16.5. The summed E-state index contributed by atoms with van der Waals surface area (Å²) in [5.41, 5.74) is 4.12. The van der Waals surface area contributed by atoms with Crippen LogP contribution in [0.5, 0.6) is 0 Å². The van der Waals surface area contributed by atoms with Crippen LogP contribution in [0.3, 0.4) is 0 Å². The number of carbonyl (C=O) groups excluding carboxylic acids is 2. The second-order valence-corrected chi connectivity index (χ2v) is 8.30. The third-order valence-electron chi connectivity index (χ3n) is 6.11. The van der Waals surface area contributed by atoms with Crippen LogP contribution in [0.15, 0.2) is 23.9 Å². The van der Waals surface area contributed by atoms with E-state index in [1.807, 2.05) is 33.0 Å². The Kier molecular flexibility index (Phi) is 6.75. The Hall–Kier alpha value is -2.18. The lowest BCUT2D eigenvalue weighted by Gasteiger charge is -2.36. The fourth-order valence-electron chi connectivity index (χ4n) is 4.36. The number of likely N-dealkylation sites (N-methyl/N-ethyl adjacent to an activating group) is 1. The van der Waals surface area contributed by atoms with E-state index in [4.69, 9.17) is 4.74 Å². The number of hydrogen-bond acceptors (Lipinski definition) is 5. The molecule has 2 amide bonds. The van der Waals surface area contributed by atoms with Gasteiger partial charge in [0.15, 0.2) is 0 Å². The van der Waals surface area contributed by atoms with Crippen LogP contribution >= 0.6 is 0 Å². The van der Waals surface area contributed by atoms with E-state index >= 15 is 0 Å². The topological polar surface area (TPSA) is 53.1 Å². The number of carbonyl (C=O) groups is 2. The molecular formula is C23H33N3O3. The molecule has 2 aliphatic rings. The van der Waals surface area contributed by atoms with Gasteiger partial charge in [-0.3, -0.25) is 14.5 Å². The summed E-state index contributed by atoms with van der Waals surface area (Å²) in [6.45, 7) is 6.95. The molecule has 0 N–H and O–H groups in total. The SMILES string of the molecule is COCCCN1C(=O)C(c2ccc(C)cc2C)=C(N(C)C2CCN(C)CC2)C1=O. The van der Waals surface area contributed by atoms with E-state index in [9.17, 15) is 9.59 Å². The summed E-state index contributed by atoms with van der Waals surface area (Å²) < 4.78 is 5.12. The average Bonchev–Trinajstić information content (AvgIpc) is 2.93. The number of rotatable bonds is 7. The van der Waals surface area contributed by atoms with Crippen molar-refractivity contribution in [1.29, 1.82) is 0 Å². The largest absolute Gasteiger partial charge is 0.385 e. The first-order valence-corrected chi connectivity index (χ1v) is 10.4. The second-order valence-electron chi connectivity index (χ2n) is 8.30. The van der Waals surface area contributed by atoms with Gasteiger partial charge in [-0.2, -0.15) is 0 Å². The van der Waals surface area contributed by atoms with Crippen molar-refractivity contribution in [3.05, 3.63) is 40.6 Å². The van der Waals surface area contributed by atoms with Crippen molar-refractivity contribution >= 4 is 17.4 Å². The fraction of sp³-hybridized carbons (Fsp3) is 0.565. The minimum atomic E-state index is -0.187. The molecule has 1 aromatic rings. The highest BCUT2D eigenvalue weighted by Gasteiger charge is 2.42. The maximum Gasteiger partial charge on any atom is 0.277 e. The van der Waals surface area contributed by atoms with E-state index < -0.39 is 0 Å². The van der Waals surface area contributed by atoms with Crippen molar-refractivity contribution in [1.82, 2.24) is 14.7 Å². The van der Waals surface area contributed by atoms with Gasteiger partial charge in [0, 0.05) is 33.4 Å². The summed E-state index contributed by atoms with van der Waals surface area (Å²) >= 11 is 0. The number of likely N-dealkylation sites (tertiary alicyclic amines) is 1. The Morgan fingerprint density at radius 2 is 1.83 bits per heavy atom. The van der Waals surface area contributed by atoms with E-state index in [0.717, 1.165) is 42.6 Å². The third kappa shape index (κ3) is 4.38. The van der Waals surface area contributed by atoms with Gasteiger partial charge in [-0.1, -0.05) is 23.8 Å². The van der Waals surface area contributed by atoms with Crippen LogP contribution in [-0.4, -0.2) is 80.0 Å². The highest BCUT2D eigenvalue weighted by Crippen LogP contribution is 2.35. The standard InChI is InChI=1S/C23H33N3O3/c1-16-7-8-19(17(2)15-16)20-21(25(4)18-9-12-24(3)13-10-18)23(28)26(22(20)27)11-6-14-29-5/h7-8,15,18H,6,9-14H2,1-5H3. The maximum absolute atomic E-state index is 13.4. The van der Waals surface area contributed by atoms with Crippen molar-refractivity contribution in [2.45, 2.75) is 39.2 Å². The van der Waals surface area contributed by atoms with Gasteiger partial charge < -0.3 is 14.5 Å². The summed E-state index contributed by atoms with van der Waals surface area (Å²) in [5.74, 6) is -0.365. The molecule has 0 radical (unpaired) electrons. The van der Waals surface area contributed by atoms with Gasteiger partial charge in [0.2, 0.25) is 0 Å². The molecule has 2 heterocycles. The van der Waals surface area contributed by atoms with Crippen LogP contribution < -0.4 is 0 Å². The van der Waals surface area contributed by atoms with Crippen LogP contribution in [0.1, 0.15) is 36.0 Å². The lowest BCUT2D eigenvalue weighted by Crippen LogP contribution is -2.43. The first kappa shape index (κ1) is 21.5. The number of amides is 2. The number of nitrogens with zero attached hydrogens (tertiary/aromatic N) is 3. The van der Waals surface area contributed by atoms with E-state index in [1.165, 1.54) is 4.90 Å². The van der Waals surface area contributed by atoms with E-state index in [-0.39, 0.29) is 17.9 Å². The van der Waals surface area contributed by atoms with Gasteiger partial charge in [-0.15, -0.1) is 0 Å². The smallest absolute Gasteiger partial charge is 0.277 e. The minimum Gasteiger partial charge on any atom is -0.385 e. The predicted molar refractivity (Wildman–Crippen MR) is 114 cm³/mol. The molecule has 6 nitrogen and oxygen atoms in total. The Balaban J connectivity index is 2.00. The van der Waals surface area contributed by atoms with Gasteiger partial charge in [-0.25, -0.2) is 0 Å². The Labute approximate surface area is 174 Å². The lowest BCUT2D eigenvalue weighted by atomic mass is 9.96. The molecule has 29 heavy (non-hydrogen) atoms. The van der Waals surface area contributed by atoms with Crippen molar-refractivity contribution in [2.75, 3.05) is 47.4 Å². The summed E-state index contributed by atoms with van der Waals surface area (Å²) in [6.07, 6.45) is 2.61. The fourth-order valence-corrected chi connectivity index (χ4v) is 4.36. The molecule has 3 rings (SSSR count). The number of methoxy groups -OCH3 is 1. The number of imide groups is 1. The molecule has 0 atom stereocenters. The minimum absolute atomic E-state index is 0.178. The molecule has 1 fully saturated rings. The van der Waals surface area contributed by atoms with Gasteiger partial charge in [0.1, 0.15) is 5.70 Å². The van der Waals surface area contributed by atoms with E-state index in [1.54, 1.807) is 7.11 Å². The first-order chi connectivity index (χ1) is 13.8. The molecule has 6 heteroatoms. The molecule has 1 saturated heterocycles. The van der Waals surface area contributed by atoms with Crippen molar-refractivity contribution < 1.29 is 14.3 Å². The molecule has 1 aromatic carbocycles. The lowest BCUT2D eigenvalue weighted by molar-refractivity contribution is -0.137. The quantitative estimate of drug-likeness (QED) is 0.521. The zero-order valence-electron chi connectivity index (χ0n) is 18.3. The second kappa shape index (κ2) is 9.09. The summed E-state index contributed by atoms with van der Waals surface area (Å²) in [5, 5.41) is 0. The number of piperidine rings is 1. The highest BCUT2D eigenvalue weighted by molar-refractivity contribution is 6.35. The maximum atomic E-state index is 13.4. The van der Waals surface area contributed by atoms with Crippen LogP contribution in [0.4, 0.5) is 0 Å². The van der Waals surface area contributed by atoms with Gasteiger partial charge in [-0.05, 0) is 64.4 Å². The summed E-state index contributed by atoms with van der Waals surface area (Å²) in [4.78, 5) is 32.5. The van der Waals surface area contributed by atoms with Crippen molar-refractivity contribution in [3.63, 3.8) is 0 Å². The Morgan fingerprint density at radius 1 is 1.14 bits per heavy atom. The number of aryl methyl sites for hydroxylation is 2. The van der Waals surface area contributed by atoms with Crippen LogP contribution in [0.25, 0.3) is 5.57 Å². The van der Waals surface area contributed by atoms with Gasteiger partial charge in [0.25, 0.3) is 11.8 Å². The van der Waals surface area contributed by atoms with Crippen LogP contribution in [-0.2, 0) is 14.3 Å². The van der Waals surface area contributed by atoms with Gasteiger partial charge >= 0.3 is 0 Å². The molecule has 158 valence electrons.